The number of nitrogens with zero attached hydrogens (tertiary/aromatic N) is 1. The van der Waals surface area contributed by atoms with Crippen molar-refractivity contribution >= 4 is 44.5 Å². The second-order valence-electron chi connectivity index (χ2n) is 5.27. The van der Waals surface area contributed by atoms with Crippen LogP contribution in [-0.2, 0) is 6.42 Å². The van der Waals surface area contributed by atoms with Crippen LogP contribution in [0.4, 0.5) is 11.4 Å². The lowest BCUT2D eigenvalue weighted by molar-refractivity contribution is 0.760. The van der Waals surface area contributed by atoms with Crippen molar-refractivity contribution in [3.8, 4) is 0 Å². The van der Waals surface area contributed by atoms with E-state index in [4.69, 9.17) is 18.0 Å². The standard InChI is InChI=1S/C17H17BrN2S/c18-14-11-13(17(19)21)8-9-16(14)20-10-4-3-6-12-5-1-2-7-15(12)20/h1-2,5,7-9,11H,3-4,6,10H2,(H2,19,21). The lowest BCUT2D eigenvalue weighted by Gasteiger charge is -2.26. The van der Waals surface area contributed by atoms with E-state index in [1.807, 2.05) is 12.1 Å². The van der Waals surface area contributed by atoms with Crippen LogP contribution in [0, 0.1) is 0 Å². The molecule has 2 nitrogen and oxygen atoms in total. The average Bonchev–Trinajstić information content (AvgIpc) is 2.69. The molecule has 0 saturated heterocycles. The first-order chi connectivity index (χ1) is 10.2. The minimum absolute atomic E-state index is 0.429. The molecule has 21 heavy (non-hydrogen) atoms. The number of para-hydroxylation sites is 1. The van der Waals surface area contributed by atoms with E-state index in [0.717, 1.165) is 23.0 Å². The molecule has 0 unspecified atom stereocenters. The fourth-order valence-electron chi connectivity index (χ4n) is 2.82. The van der Waals surface area contributed by atoms with Crippen LogP contribution in [-0.4, -0.2) is 11.5 Å². The molecule has 108 valence electrons. The van der Waals surface area contributed by atoms with Gasteiger partial charge in [0.2, 0.25) is 0 Å². The van der Waals surface area contributed by atoms with E-state index in [2.05, 4.69) is 51.2 Å². The number of fused-ring (bicyclic) bond motifs is 1. The third kappa shape index (κ3) is 2.97. The molecular formula is C17H17BrN2S. The zero-order valence-electron chi connectivity index (χ0n) is 11.7. The molecule has 0 saturated carbocycles. The molecule has 1 aliphatic heterocycles. The van der Waals surface area contributed by atoms with Crippen molar-refractivity contribution in [2.75, 3.05) is 11.4 Å². The van der Waals surface area contributed by atoms with Gasteiger partial charge >= 0.3 is 0 Å². The molecule has 3 rings (SSSR count). The summed E-state index contributed by atoms with van der Waals surface area (Å²) in [5, 5.41) is 0. The van der Waals surface area contributed by atoms with Crippen molar-refractivity contribution in [2.24, 2.45) is 5.73 Å². The molecular weight excluding hydrogens is 344 g/mol. The highest BCUT2D eigenvalue weighted by molar-refractivity contribution is 9.10. The summed E-state index contributed by atoms with van der Waals surface area (Å²) in [6.45, 7) is 1.03. The van der Waals surface area contributed by atoms with Gasteiger partial charge in [0.25, 0.3) is 0 Å². The highest BCUT2D eigenvalue weighted by atomic mass is 79.9. The first kappa shape index (κ1) is 14.5. The van der Waals surface area contributed by atoms with Gasteiger partial charge in [-0.05, 0) is 65.0 Å². The van der Waals surface area contributed by atoms with Gasteiger partial charge in [-0.25, -0.2) is 0 Å². The van der Waals surface area contributed by atoms with E-state index in [0.29, 0.717) is 4.99 Å². The smallest absolute Gasteiger partial charge is 0.104 e. The Labute approximate surface area is 139 Å². The summed E-state index contributed by atoms with van der Waals surface area (Å²) in [6, 6.07) is 14.8. The SMILES string of the molecule is NC(=S)c1ccc(N2CCCCc3ccccc32)c(Br)c1. The minimum Gasteiger partial charge on any atom is -0.389 e. The summed E-state index contributed by atoms with van der Waals surface area (Å²) in [7, 11) is 0. The first-order valence-electron chi connectivity index (χ1n) is 7.11. The molecule has 0 amide bonds. The predicted molar refractivity (Wildman–Crippen MR) is 96.4 cm³/mol. The van der Waals surface area contributed by atoms with Gasteiger partial charge in [-0.15, -0.1) is 0 Å². The first-order valence-corrected chi connectivity index (χ1v) is 8.32. The number of nitrogens with two attached hydrogens (primary N) is 1. The molecule has 1 aliphatic rings. The Kier molecular flexibility index (Phi) is 4.27. The summed E-state index contributed by atoms with van der Waals surface area (Å²) in [5.74, 6) is 0. The molecule has 1 heterocycles. The molecule has 2 N–H and O–H groups in total. The van der Waals surface area contributed by atoms with Crippen molar-refractivity contribution in [3.63, 3.8) is 0 Å². The van der Waals surface area contributed by atoms with E-state index < -0.39 is 0 Å². The maximum absolute atomic E-state index is 5.71. The summed E-state index contributed by atoms with van der Waals surface area (Å²) in [5.41, 5.74) is 10.5. The minimum atomic E-state index is 0.429. The van der Waals surface area contributed by atoms with Crippen LogP contribution in [0.25, 0.3) is 0 Å². The predicted octanol–water partition coefficient (Wildman–Crippen LogP) is 4.56. The number of thiocarbonyl (C=S) groups is 1. The van der Waals surface area contributed by atoms with Gasteiger partial charge < -0.3 is 10.6 Å². The van der Waals surface area contributed by atoms with Gasteiger partial charge in [0, 0.05) is 22.3 Å². The normalized spacial score (nSPS) is 14.4. The van der Waals surface area contributed by atoms with Gasteiger partial charge in [0.15, 0.2) is 0 Å². The van der Waals surface area contributed by atoms with Crippen LogP contribution in [0.2, 0.25) is 0 Å². The lowest BCUT2D eigenvalue weighted by atomic mass is 10.1. The average molecular weight is 361 g/mol. The number of halogens is 1. The third-order valence-corrected chi connectivity index (χ3v) is 4.75. The maximum atomic E-state index is 5.71. The van der Waals surface area contributed by atoms with Crippen molar-refractivity contribution in [1.82, 2.24) is 0 Å². The molecule has 2 aromatic carbocycles. The monoisotopic (exact) mass is 360 g/mol. The van der Waals surface area contributed by atoms with E-state index >= 15 is 0 Å². The Bertz CT molecular complexity index is 684. The molecule has 0 aliphatic carbocycles. The highest BCUT2D eigenvalue weighted by Crippen LogP contribution is 2.36. The van der Waals surface area contributed by atoms with Gasteiger partial charge in [-0.2, -0.15) is 0 Å². The fraction of sp³-hybridized carbons (Fsp3) is 0.235. The Balaban J connectivity index is 2.06. The molecule has 0 spiro atoms. The molecule has 2 aromatic rings. The zero-order valence-corrected chi connectivity index (χ0v) is 14.1. The van der Waals surface area contributed by atoms with Crippen LogP contribution >= 0.6 is 28.1 Å². The van der Waals surface area contributed by atoms with E-state index in [9.17, 15) is 0 Å². The van der Waals surface area contributed by atoms with Gasteiger partial charge in [-0.3, -0.25) is 0 Å². The van der Waals surface area contributed by atoms with Gasteiger partial charge in [-0.1, -0.05) is 30.4 Å². The van der Waals surface area contributed by atoms with Crippen molar-refractivity contribution in [1.29, 1.82) is 0 Å². The van der Waals surface area contributed by atoms with Crippen LogP contribution in [0.1, 0.15) is 24.0 Å². The molecule has 0 fully saturated rings. The molecule has 0 atom stereocenters. The van der Waals surface area contributed by atoms with Gasteiger partial charge in [0.05, 0.1) is 5.69 Å². The quantitative estimate of drug-likeness (QED) is 0.796. The summed E-state index contributed by atoms with van der Waals surface area (Å²) in [4.78, 5) is 2.81. The number of anilines is 2. The third-order valence-electron chi connectivity index (χ3n) is 3.88. The van der Waals surface area contributed by atoms with Crippen LogP contribution < -0.4 is 10.6 Å². The molecule has 0 bridgehead atoms. The number of hydrogen-bond donors (Lipinski definition) is 1. The Hall–Kier alpha value is -1.39. The highest BCUT2D eigenvalue weighted by Gasteiger charge is 2.18. The summed E-state index contributed by atoms with van der Waals surface area (Å²) >= 11 is 8.72. The Morgan fingerprint density at radius 1 is 1.10 bits per heavy atom. The van der Waals surface area contributed by atoms with E-state index in [-0.39, 0.29) is 0 Å². The van der Waals surface area contributed by atoms with E-state index in [1.54, 1.807) is 0 Å². The van der Waals surface area contributed by atoms with Crippen molar-refractivity contribution < 1.29 is 0 Å². The lowest BCUT2D eigenvalue weighted by Crippen LogP contribution is -2.19. The molecule has 0 aromatic heterocycles. The second kappa shape index (κ2) is 6.16. The van der Waals surface area contributed by atoms with E-state index in [1.165, 1.54) is 29.8 Å². The zero-order chi connectivity index (χ0) is 14.8. The Morgan fingerprint density at radius 2 is 1.90 bits per heavy atom. The molecule has 0 radical (unpaired) electrons. The topological polar surface area (TPSA) is 29.3 Å². The Morgan fingerprint density at radius 3 is 2.67 bits per heavy atom. The fourth-order valence-corrected chi connectivity index (χ4v) is 3.54. The van der Waals surface area contributed by atoms with Crippen molar-refractivity contribution in [3.05, 3.63) is 58.1 Å². The van der Waals surface area contributed by atoms with Gasteiger partial charge in [0.1, 0.15) is 4.99 Å². The summed E-state index contributed by atoms with van der Waals surface area (Å²) in [6.07, 6.45) is 3.57. The largest absolute Gasteiger partial charge is 0.389 e. The second-order valence-corrected chi connectivity index (χ2v) is 6.56. The number of benzene rings is 2. The number of aryl methyl sites for hydroxylation is 1. The van der Waals surface area contributed by atoms with Crippen LogP contribution in [0.5, 0.6) is 0 Å². The van der Waals surface area contributed by atoms with Crippen LogP contribution in [0.15, 0.2) is 46.9 Å². The molecule has 4 heteroatoms. The number of hydrogen-bond acceptors (Lipinski definition) is 2. The number of rotatable bonds is 2. The van der Waals surface area contributed by atoms with Crippen molar-refractivity contribution in [2.45, 2.75) is 19.3 Å². The van der Waals surface area contributed by atoms with Crippen LogP contribution in [0.3, 0.4) is 0 Å². The maximum Gasteiger partial charge on any atom is 0.104 e. The summed E-state index contributed by atoms with van der Waals surface area (Å²) < 4.78 is 1.03.